The minimum absolute atomic E-state index is 0.167. The molecule has 10 nitrogen and oxygen atoms in total. The van der Waals surface area contributed by atoms with Gasteiger partial charge in [0, 0.05) is 24.2 Å². The van der Waals surface area contributed by atoms with Gasteiger partial charge in [-0.15, -0.1) is 0 Å². The van der Waals surface area contributed by atoms with Gasteiger partial charge in [0.25, 0.3) is 5.91 Å². The molecule has 1 N–H and O–H groups in total. The Hall–Kier alpha value is -2.73. The summed E-state index contributed by atoms with van der Waals surface area (Å²) in [6, 6.07) is 9.95. The van der Waals surface area contributed by atoms with Crippen LogP contribution in [0.4, 0.5) is 5.69 Å². The first-order chi connectivity index (χ1) is 15.2. The summed E-state index contributed by atoms with van der Waals surface area (Å²) >= 11 is 5.86. The third kappa shape index (κ3) is 5.74. The molecule has 1 aliphatic rings. The van der Waals surface area contributed by atoms with Crippen LogP contribution in [0.15, 0.2) is 47.4 Å². The van der Waals surface area contributed by atoms with E-state index in [0.717, 1.165) is 11.6 Å². The van der Waals surface area contributed by atoms with Crippen molar-refractivity contribution in [3.63, 3.8) is 0 Å². The van der Waals surface area contributed by atoms with Crippen molar-refractivity contribution >= 4 is 33.2 Å². The Kier molecular flexibility index (Phi) is 7.67. The molecule has 1 saturated heterocycles. The van der Waals surface area contributed by atoms with Gasteiger partial charge in [0.05, 0.1) is 29.1 Å². The zero-order valence-electron chi connectivity index (χ0n) is 17.2. The van der Waals surface area contributed by atoms with E-state index in [1.165, 1.54) is 16.4 Å². The number of rotatable bonds is 8. The largest absolute Gasteiger partial charge is 0.477 e. The van der Waals surface area contributed by atoms with Gasteiger partial charge in [-0.05, 0) is 36.8 Å². The number of nitrogens with one attached hydrogen (secondary N) is 1. The fourth-order valence-electron chi connectivity index (χ4n) is 3.12. The fraction of sp³-hybridized carbons (Fsp3) is 0.350. The second-order valence-electron chi connectivity index (χ2n) is 7.03. The monoisotopic (exact) mass is 483 g/mol. The predicted molar refractivity (Wildman–Crippen MR) is 116 cm³/mol. The molecule has 1 amide bonds. The molecule has 0 aliphatic carbocycles. The molecule has 1 heterocycles. The Morgan fingerprint density at radius 1 is 1.25 bits per heavy atom. The van der Waals surface area contributed by atoms with E-state index in [2.05, 4.69) is 5.32 Å². The van der Waals surface area contributed by atoms with Gasteiger partial charge in [-0.25, -0.2) is 8.42 Å². The third-order valence-corrected chi connectivity index (χ3v) is 6.99. The van der Waals surface area contributed by atoms with Gasteiger partial charge < -0.3 is 14.8 Å². The number of carbonyl (C=O) groups excluding carboxylic acids is 1. The van der Waals surface area contributed by atoms with E-state index in [1.807, 2.05) is 0 Å². The van der Waals surface area contributed by atoms with Crippen molar-refractivity contribution < 1.29 is 27.6 Å². The molecule has 2 aromatic rings. The maximum atomic E-state index is 12.8. The number of carbonyl (C=O) groups is 1. The van der Waals surface area contributed by atoms with Crippen LogP contribution in [-0.4, -0.2) is 56.5 Å². The van der Waals surface area contributed by atoms with Crippen LogP contribution in [0.2, 0.25) is 5.02 Å². The number of amides is 1. The van der Waals surface area contributed by atoms with Gasteiger partial charge in [-0.2, -0.15) is 4.31 Å². The molecule has 0 saturated carbocycles. The second kappa shape index (κ2) is 10.3. The molecule has 1 aliphatic heterocycles. The number of sulfonamides is 1. The van der Waals surface area contributed by atoms with Crippen LogP contribution in [0.1, 0.15) is 18.5 Å². The summed E-state index contributed by atoms with van der Waals surface area (Å²) in [5, 5.41) is 14.8. The standard InChI is InChI=1S/C20H22ClN3O7S/c1-14(15-2-4-16(21)5-3-15)22-20(25)13-31-19-7-6-17(12-18(19)24(26)27)32(28,29)23-8-10-30-11-9-23/h2-7,12,14H,8-11,13H2,1H3,(H,22,25). The highest BCUT2D eigenvalue weighted by molar-refractivity contribution is 7.89. The van der Waals surface area contributed by atoms with Crippen LogP contribution in [0.5, 0.6) is 5.75 Å². The van der Waals surface area contributed by atoms with Crippen LogP contribution < -0.4 is 10.1 Å². The summed E-state index contributed by atoms with van der Waals surface area (Å²) in [6.07, 6.45) is 0. The lowest BCUT2D eigenvalue weighted by Crippen LogP contribution is -2.40. The van der Waals surface area contributed by atoms with Crippen LogP contribution in [0.3, 0.4) is 0 Å². The van der Waals surface area contributed by atoms with Gasteiger partial charge in [-0.3, -0.25) is 14.9 Å². The number of nitro benzene ring substituents is 1. The molecule has 1 atom stereocenters. The van der Waals surface area contributed by atoms with Crippen molar-refractivity contribution in [2.45, 2.75) is 17.9 Å². The lowest BCUT2D eigenvalue weighted by Gasteiger charge is -2.26. The normalized spacial score (nSPS) is 15.7. The second-order valence-corrected chi connectivity index (χ2v) is 9.41. The van der Waals surface area contributed by atoms with Gasteiger partial charge >= 0.3 is 5.69 Å². The van der Waals surface area contributed by atoms with E-state index >= 15 is 0 Å². The van der Waals surface area contributed by atoms with Crippen LogP contribution in [-0.2, 0) is 19.6 Å². The number of nitro groups is 1. The third-order valence-electron chi connectivity index (χ3n) is 4.84. The first-order valence-corrected chi connectivity index (χ1v) is 11.5. The number of hydrogen-bond donors (Lipinski definition) is 1. The van der Waals surface area contributed by atoms with E-state index in [1.54, 1.807) is 31.2 Å². The Morgan fingerprint density at radius 2 is 1.91 bits per heavy atom. The molecule has 0 spiro atoms. The summed E-state index contributed by atoms with van der Waals surface area (Å²) in [4.78, 5) is 22.8. The topological polar surface area (TPSA) is 128 Å². The van der Waals surface area contributed by atoms with Crippen molar-refractivity contribution in [3.05, 3.63) is 63.2 Å². The van der Waals surface area contributed by atoms with E-state index in [0.29, 0.717) is 5.02 Å². The summed E-state index contributed by atoms with van der Waals surface area (Å²) in [6.45, 7) is 2.14. The fourth-order valence-corrected chi connectivity index (χ4v) is 4.67. The van der Waals surface area contributed by atoms with E-state index in [4.69, 9.17) is 21.1 Å². The van der Waals surface area contributed by atoms with Crippen LogP contribution >= 0.6 is 11.6 Å². The Balaban J connectivity index is 1.69. The van der Waals surface area contributed by atoms with E-state index < -0.39 is 33.1 Å². The summed E-state index contributed by atoms with van der Waals surface area (Å²) < 4.78 is 37.2. The number of halogens is 1. The minimum Gasteiger partial charge on any atom is -0.477 e. The molecule has 0 radical (unpaired) electrons. The molecule has 0 bridgehead atoms. The number of ether oxygens (including phenoxy) is 2. The summed E-state index contributed by atoms with van der Waals surface area (Å²) in [5.41, 5.74) is 0.282. The highest BCUT2D eigenvalue weighted by atomic mass is 35.5. The summed E-state index contributed by atoms with van der Waals surface area (Å²) in [7, 11) is -3.91. The van der Waals surface area contributed by atoms with Gasteiger partial charge in [-0.1, -0.05) is 23.7 Å². The van der Waals surface area contributed by atoms with Crippen molar-refractivity contribution in [1.82, 2.24) is 9.62 Å². The molecule has 1 fully saturated rings. The zero-order valence-corrected chi connectivity index (χ0v) is 18.8. The molecular formula is C20H22ClN3O7S. The lowest BCUT2D eigenvalue weighted by atomic mass is 10.1. The average Bonchev–Trinajstić information content (AvgIpc) is 2.78. The number of benzene rings is 2. The van der Waals surface area contributed by atoms with Crippen LogP contribution in [0.25, 0.3) is 0 Å². The average molecular weight is 484 g/mol. The number of morpholine rings is 1. The Bertz CT molecular complexity index is 1090. The van der Waals surface area contributed by atoms with Crippen molar-refractivity contribution in [3.8, 4) is 5.75 Å². The highest BCUT2D eigenvalue weighted by Gasteiger charge is 2.29. The highest BCUT2D eigenvalue weighted by Crippen LogP contribution is 2.31. The Morgan fingerprint density at radius 3 is 2.53 bits per heavy atom. The van der Waals surface area contributed by atoms with Gasteiger partial charge in [0.2, 0.25) is 10.0 Å². The maximum absolute atomic E-state index is 12.8. The molecule has 1 unspecified atom stereocenters. The lowest BCUT2D eigenvalue weighted by molar-refractivity contribution is -0.386. The molecule has 2 aromatic carbocycles. The number of hydrogen-bond acceptors (Lipinski definition) is 7. The SMILES string of the molecule is CC(NC(=O)COc1ccc(S(=O)(=O)N2CCOCC2)cc1[N+](=O)[O-])c1ccc(Cl)cc1. The molecular weight excluding hydrogens is 462 g/mol. The molecule has 172 valence electrons. The molecule has 3 rings (SSSR count). The van der Waals surface area contributed by atoms with E-state index in [-0.39, 0.29) is 43.0 Å². The smallest absolute Gasteiger partial charge is 0.312 e. The number of nitrogens with zero attached hydrogens (tertiary/aromatic N) is 2. The van der Waals surface area contributed by atoms with E-state index in [9.17, 15) is 23.3 Å². The zero-order chi connectivity index (χ0) is 23.3. The van der Waals surface area contributed by atoms with Gasteiger partial charge in [0.1, 0.15) is 0 Å². The first kappa shape index (κ1) is 23.9. The van der Waals surface area contributed by atoms with Gasteiger partial charge in [0.15, 0.2) is 12.4 Å². The van der Waals surface area contributed by atoms with Crippen molar-refractivity contribution in [2.24, 2.45) is 0 Å². The van der Waals surface area contributed by atoms with Crippen molar-refractivity contribution in [2.75, 3.05) is 32.9 Å². The minimum atomic E-state index is -3.91. The van der Waals surface area contributed by atoms with Crippen LogP contribution in [0, 0.1) is 10.1 Å². The Labute approximate surface area is 190 Å². The predicted octanol–water partition coefficient (Wildman–Crippen LogP) is 2.53. The maximum Gasteiger partial charge on any atom is 0.312 e. The molecule has 32 heavy (non-hydrogen) atoms. The first-order valence-electron chi connectivity index (χ1n) is 9.72. The molecule has 12 heteroatoms. The quantitative estimate of drug-likeness (QED) is 0.451. The van der Waals surface area contributed by atoms with Crippen molar-refractivity contribution in [1.29, 1.82) is 0 Å². The molecule has 0 aromatic heterocycles. The summed E-state index contributed by atoms with van der Waals surface area (Å²) in [5.74, 6) is -0.697.